The second-order valence-corrected chi connectivity index (χ2v) is 5.91. The molecule has 3 rings (SSSR count). The monoisotopic (exact) mass is 377 g/mol. The number of esters is 1. The molecule has 140 valence electrons. The summed E-state index contributed by atoms with van der Waals surface area (Å²) >= 11 is 0. The number of nitrogens with zero attached hydrogens (tertiary/aromatic N) is 2. The van der Waals surface area contributed by atoms with Crippen molar-refractivity contribution < 1.29 is 19.0 Å². The quantitative estimate of drug-likeness (QED) is 0.301. The molecule has 0 unspecified atom stereocenters. The number of nitrogens with one attached hydrogen (secondary N) is 1. The summed E-state index contributed by atoms with van der Waals surface area (Å²) in [5.41, 5.74) is 1.44. The fourth-order valence-corrected chi connectivity index (χ4v) is 2.54. The molecule has 7 heteroatoms. The number of allylic oxidation sites excluding steroid dienone is 1. The van der Waals surface area contributed by atoms with E-state index >= 15 is 0 Å². The molecule has 1 atom stereocenters. The number of carbonyl (C=O) groups is 1. The van der Waals surface area contributed by atoms with Crippen molar-refractivity contribution in [3.05, 3.63) is 77.6 Å². The van der Waals surface area contributed by atoms with Crippen LogP contribution in [0.2, 0.25) is 0 Å². The van der Waals surface area contributed by atoms with E-state index in [-0.39, 0.29) is 17.0 Å². The van der Waals surface area contributed by atoms with Gasteiger partial charge in [-0.25, -0.2) is 14.2 Å². The maximum Gasteiger partial charge on any atom is 0.331 e. The van der Waals surface area contributed by atoms with Gasteiger partial charge in [-0.1, -0.05) is 30.3 Å². The second kappa shape index (κ2) is 8.18. The molecule has 0 saturated heterocycles. The smallest absolute Gasteiger partial charge is 0.331 e. The van der Waals surface area contributed by atoms with Gasteiger partial charge in [0.25, 0.3) is 0 Å². The minimum Gasteiger partial charge on any atom is -0.507 e. The summed E-state index contributed by atoms with van der Waals surface area (Å²) in [5, 5.41) is 19.8. The van der Waals surface area contributed by atoms with E-state index in [0.29, 0.717) is 11.0 Å². The number of benzene rings is 2. The molecular formula is C21H16FN3O3. The van der Waals surface area contributed by atoms with Crippen LogP contribution >= 0.6 is 0 Å². The predicted octanol–water partition coefficient (Wildman–Crippen LogP) is 4.14. The van der Waals surface area contributed by atoms with Gasteiger partial charge in [0, 0.05) is 11.6 Å². The molecule has 0 spiro atoms. The van der Waals surface area contributed by atoms with Crippen LogP contribution in [0, 0.1) is 17.1 Å². The number of halogens is 1. The number of ether oxygens (including phenoxy) is 1. The van der Waals surface area contributed by atoms with Gasteiger partial charge in [0.05, 0.1) is 11.0 Å². The number of rotatable bonds is 5. The highest BCUT2D eigenvalue weighted by Gasteiger charge is 2.20. The molecule has 1 aromatic heterocycles. The van der Waals surface area contributed by atoms with Crippen molar-refractivity contribution in [1.82, 2.24) is 9.97 Å². The van der Waals surface area contributed by atoms with Crippen LogP contribution in [0.3, 0.4) is 0 Å². The summed E-state index contributed by atoms with van der Waals surface area (Å²) in [5.74, 6) is -1.52. The van der Waals surface area contributed by atoms with Crippen molar-refractivity contribution in [2.45, 2.75) is 13.0 Å². The van der Waals surface area contributed by atoms with Crippen LogP contribution < -0.4 is 0 Å². The van der Waals surface area contributed by atoms with E-state index in [9.17, 15) is 19.6 Å². The van der Waals surface area contributed by atoms with Gasteiger partial charge >= 0.3 is 5.97 Å². The van der Waals surface area contributed by atoms with Gasteiger partial charge in [0.15, 0.2) is 17.7 Å². The molecule has 0 amide bonds. The first-order valence-corrected chi connectivity index (χ1v) is 8.41. The molecule has 0 radical (unpaired) electrons. The van der Waals surface area contributed by atoms with Gasteiger partial charge in [-0.15, -0.1) is 0 Å². The van der Waals surface area contributed by atoms with Gasteiger partial charge in [0.1, 0.15) is 17.5 Å². The topological polar surface area (TPSA) is 99.0 Å². The van der Waals surface area contributed by atoms with E-state index in [1.54, 1.807) is 24.3 Å². The molecule has 2 aromatic carbocycles. The van der Waals surface area contributed by atoms with E-state index in [1.165, 1.54) is 31.2 Å². The third-order valence-electron chi connectivity index (χ3n) is 3.98. The third kappa shape index (κ3) is 4.07. The Hall–Kier alpha value is -3.92. The molecule has 1 heterocycles. The number of aliphatic hydroxyl groups excluding tert-OH is 1. The first-order valence-electron chi connectivity index (χ1n) is 8.41. The molecule has 3 aromatic rings. The van der Waals surface area contributed by atoms with Crippen molar-refractivity contribution in [2.24, 2.45) is 0 Å². The fourth-order valence-electron chi connectivity index (χ4n) is 2.54. The van der Waals surface area contributed by atoms with Gasteiger partial charge in [0.2, 0.25) is 0 Å². The zero-order valence-corrected chi connectivity index (χ0v) is 14.9. The van der Waals surface area contributed by atoms with E-state index in [2.05, 4.69) is 9.97 Å². The lowest BCUT2D eigenvalue weighted by molar-refractivity contribution is -0.141. The number of carbonyl (C=O) groups excluding carboxylic acids is 1. The molecule has 0 fully saturated rings. The number of H-pyrrole nitrogens is 1. The van der Waals surface area contributed by atoms with E-state index in [4.69, 9.17) is 4.74 Å². The standard InChI is InChI=1S/C21H16FN3O3/c1-13(28-19(26)11-10-14-6-2-3-7-16(14)22)20(27)15(12-23)21-24-17-8-4-5-9-18(17)25-21/h2-11,13,27H,1H3,(H,24,25)/b11-10+,20-15-/t13-/m0/s1. The van der Waals surface area contributed by atoms with E-state index in [0.717, 1.165) is 6.08 Å². The molecule has 0 aliphatic carbocycles. The first-order chi connectivity index (χ1) is 13.5. The largest absolute Gasteiger partial charge is 0.507 e. The van der Waals surface area contributed by atoms with Crippen molar-refractivity contribution >= 4 is 28.7 Å². The normalized spacial score (nSPS) is 13.2. The molecule has 2 N–H and O–H groups in total. The Morgan fingerprint density at radius 1 is 1.29 bits per heavy atom. The summed E-state index contributed by atoms with van der Waals surface area (Å²) in [6, 6.07) is 15.0. The Morgan fingerprint density at radius 3 is 2.71 bits per heavy atom. The average molecular weight is 377 g/mol. The SMILES string of the molecule is C[C@H](OC(=O)/C=C/c1ccccc1F)/C(O)=C(\C#N)c1nc2ccccc2[nH]1. The Labute approximate surface area is 160 Å². The first kappa shape index (κ1) is 18.9. The predicted molar refractivity (Wildman–Crippen MR) is 102 cm³/mol. The zero-order valence-electron chi connectivity index (χ0n) is 14.9. The summed E-state index contributed by atoms with van der Waals surface area (Å²) < 4.78 is 18.7. The third-order valence-corrected chi connectivity index (χ3v) is 3.98. The molecule has 0 bridgehead atoms. The highest BCUT2D eigenvalue weighted by Crippen LogP contribution is 2.21. The van der Waals surface area contributed by atoms with Crippen LogP contribution in [0.5, 0.6) is 0 Å². The minimum atomic E-state index is -1.10. The second-order valence-electron chi connectivity index (χ2n) is 5.91. The number of fused-ring (bicyclic) bond motifs is 1. The molecule has 0 saturated carbocycles. The average Bonchev–Trinajstić information content (AvgIpc) is 3.11. The maximum atomic E-state index is 13.6. The minimum absolute atomic E-state index is 0.130. The molecule has 28 heavy (non-hydrogen) atoms. The molecule has 0 aliphatic rings. The van der Waals surface area contributed by atoms with Gasteiger partial charge in [-0.05, 0) is 31.2 Å². The molecule has 6 nitrogen and oxygen atoms in total. The van der Waals surface area contributed by atoms with Crippen LogP contribution in [0.25, 0.3) is 22.7 Å². The number of para-hydroxylation sites is 2. The zero-order chi connectivity index (χ0) is 20.1. The Kier molecular flexibility index (Phi) is 5.51. The number of hydrogen-bond donors (Lipinski definition) is 2. The number of nitriles is 1. The summed E-state index contributed by atoms with van der Waals surface area (Å²) in [6.07, 6.45) is 1.23. The summed E-state index contributed by atoms with van der Waals surface area (Å²) in [4.78, 5) is 19.2. The van der Waals surface area contributed by atoms with Crippen LogP contribution in [-0.4, -0.2) is 27.1 Å². The van der Waals surface area contributed by atoms with Crippen LogP contribution in [0.1, 0.15) is 18.3 Å². The summed E-state index contributed by atoms with van der Waals surface area (Å²) in [6.45, 7) is 1.42. The number of aliphatic hydroxyl groups is 1. The van der Waals surface area contributed by atoms with Crippen molar-refractivity contribution in [3.8, 4) is 6.07 Å². The number of hydrogen-bond acceptors (Lipinski definition) is 5. The Morgan fingerprint density at radius 2 is 2.00 bits per heavy atom. The molecule has 0 aliphatic heterocycles. The lowest BCUT2D eigenvalue weighted by Gasteiger charge is -2.12. The van der Waals surface area contributed by atoms with Crippen LogP contribution in [0.4, 0.5) is 4.39 Å². The van der Waals surface area contributed by atoms with E-state index < -0.39 is 23.6 Å². The van der Waals surface area contributed by atoms with Gasteiger partial charge in [-0.2, -0.15) is 5.26 Å². The number of imidazole rings is 1. The highest BCUT2D eigenvalue weighted by atomic mass is 19.1. The Bertz CT molecular complexity index is 1090. The fraction of sp³-hybridized carbons (Fsp3) is 0.0952. The van der Waals surface area contributed by atoms with Crippen LogP contribution in [0.15, 0.2) is 60.4 Å². The van der Waals surface area contributed by atoms with Crippen LogP contribution in [-0.2, 0) is 9.53 Å². The lowest BCUT2D eigenvalue weighted by Crippen LogP contribution is -2.17. The van der Waals surface area contributed by atoms with Gasteiger partial charge < -0.3 is 14.8 Å². The highest BCUT2D eigenvalue weighted by molar-refractivity contribution is 5.88. The number of aromatic amines is 1. The van der Waals surface area contributed by atoms with Crippen molar-refractivity contribution in [3.63, 3.8) is 0 Å². The lowest BCUT2D eigenvalue weighted by atomic mass is 10.1. The Balaban J connectivity index is 1.77. The van der Waals surface area contributed by atoms with Crippen molar-refractivity contribution in [1.29, 1.82) is 5.26 Å². The number of aromatic nitrogens is 2. The maximum absolute atomic E-state index is 13.6. The molecular weight excluding hydrogens is 361 g/mol. The summed E-state index contributed by atoms with van der Waals surface area (Å²) in [7, 11) is 0. The van der Waals surface area contributed by atoms with Crippen molar-refractivity contribution in [2.75, 3.05) is 0 Å². The van der Waals surface area contributed by atoms with Gasteiger partial charge in [-0.3, -0.25) is 0 Å². The van der Waals surface area contributed by atoms with E-state index in [1.807, 2.05) is 12.1 Å².